The zero-order chi connectivity index (χ0) is 15.7. The largest absolute Gasteiger partial charge is 0.497 e. The highest BCUT2D eigenvalue weighted by atomic mass is 32.2. The number of sulfone groups is 1. The first kappa shape index (κ1) is 15.7. The fourth-order valence-corrected chi connectivity index (χ4v) is 5.66. The Morgan fingerprint density at radius 1 is 1.32 bits per heavy atom. The van der Waals surface area contributed by atoms with E-state index in [9.17, 15) is 8.42 Å². The minimum atomic E-state index is -2.96. The zero-order valence-electron chi connectivity index (χ0n) is 12.7. The van der Waals surface area contributed by atoms with Gasteiger partial charge in [-0.2, -0.15) is 0 Å². The fraction of sp³-hybridized carbons (Fsp3) is 0.533. The molecule has 5 nitrogen and oxygen atoms in total. The Bertz CT molecular complexity index is 671. The maximum absolute atomic E-state index is 11.9. The Morgan fingerprint density at radius 2 is 2.05 bits per heavy atom. The van der Waals surface area contributed by atoms with Crippen LogP contribution in [0.3, 0.4) is 0 Å². The second kappa shape index (κ2) is 6.12. The van der Waals surface area contributed by atoms with Gasteiger partial charge in [-0.1, -0.05) is 30.8 Å². The third kappa shape index (κ3) is 3.10. The molecule has 2 aliphatic heterocycles. The minimum Gasteiger partial charge on any atom is -0.497 e. The van der Waals surface area contributed by atoms with Crippen LogP contribution in [0.1, 0.15) is 12.5 Å². The monoisotopic (exact) mass is 340 g/mol. The third-order valence-corrected chi connectivity index (χ3v) is 6.59. The van der Waals surface area contributed by atoms with Gasteiger partial charge in [-0.25, -0.2) is 8.42 Å². The average Bonchev–Trinajstić information content (AvgIpc) is 2.94. The molecule has 0 spiro atoms. The van der Waals surface area contributed by atoms with Crippen LogP contribution in [-0.2, 0) is 16.4 Å². The summed E-state index contributed by atoms with van der Waals surface area (Å²) in [5, 5.41) is 0.975. The van der Waals surface area contributed by atoms with Crippen LogP contribution in [-0.4, -0.2) is 54.9 Å². The summed E-state index contributed by atoms with van der Waals surface area (Å²) in [6.07, 6.45) is 0. The molecule has 0 aliphatic carbocycles. The summed E-state index contributed by atoms with van der Waals surface area (Å²) in [5.41, 5.74) is 1.13. The lowest BCUT2D eigenvalue weighted by molar-refractivity contribution is 0.342. The molecule has 0 bridgehead atoms. The van der Waals surface area contributed by atoms with E-state index in [1.165, 1.54) is 0 Å². The van der Waals surface area contributed by atoms with E-state index in [0.717, 1.165) is 22.2 Å². The number of nitrogens with zero attached hydrogens (tertiary/aromatic N) is 2. The molecule has 2 unspecified atom stereocenters. The molecular formula is C15H20N2O3S2. The molecule has 0 aromatic heterocycles. The Hall–Kier alpha value is -1.21. The SMILES string of the molecule is CCSC1=NC2CS(=O)(=O)CC2N1Cc1ccc(OC)cc1. The molecule has 0 amide bonds. The van der Waals surface area contributed by atoms with Gasteiger partial charge in [0.15, 0.2) is 15.0 Å². The van der Waals surface area contributed by atoms with Crippen molar-refractivity contribution >= 4 is 26.8 Å². The van der Waals surface area contributed by atoms with Crippen molar-refractivity contribution in [2.45, 2.75) is 25.6 Å². The van der Waals surface area contributed by atoms with Crippen LogP contribution >= 0.6 is 11.8 Å². The van der Waals surface area contributed by atoms with Crippen LogP contribution < -0.4 is 4.74 Å². The molecule has 0 saturated carbocycles. The lowest BCUT2D eigenvalue weighted by atomic mass is 10.1. The highest BCUT2D eigenvalue weighted by Crippen LogP contribution is 2.32. The van der Waals surface area contributed by atoms with E-state index in [4.69, 9.17) is 4.74 Å². The van der Waals surface area contributed by atoms with Crippen LogP contribution in [0.25, 0.3) is 0 Å². The molecule has 2 heterocycles. The molecule has 0 radical (unpaired) electrons. The number of hydrogen-bond donors (Lipinski definition) is 0. The molecule has 7 heteroatoms. The van der Waals surface area contributed by atoms with Crippen LogP contribution in [0.4, 0.5) is 0 Å². The number of fused-ring (bicyclic) bond motifs is 1. The van der Waals surface area contributed by atoms with Crippen molar-refractivity contribution in [3.8, 4) is 5.75 Å². The van der Waals surface area contributed by atoms with Crippen molar-refractivity contribution in [1.82, 2.24) is 4.90 Å². The summed E-state index contributed by atoms with van der Waals surface area (Å²) in [7, 11) is -1.31. The first-order valence-electron chi connectivity index (χ1n) is 7.33. The summed E-state index contributed by atoms with van der Waals surface area (Å²) in [4.78, 5) is 6.81. The predicted octanol–water partition coefficient (Wildman–Crippen LogP) is 1.79. The van der Waals surface area contributed by atoms with Crippen LogP contribution in [0.15, 0.2) is 29.3 Å². The first-order valence-corrected chi connectivity index (χ1v) is 10.1. The van der Waals surface area contributed by atoms with Gasteiger partial charge in [-0.3, -0.25) is 4.99 Å². The highest BCUT2D eigenvalue weighted by molar-refractivity contribution is 8.13. The van der Waals surface area contributed by atoms with Gasteiger partial charge in [0.05, 0.1) is 30.7 Å². The maximum atomic E-state index is 11.9. The lowest BCUT2D eigenvalue weighted by Crippen LogP contribution is -2.38. The van der Waals surface area contributed by atoms with E-state index >= 15 is 0 Å². The Labute approximate surface area is 135 Å². The topological polar surface area (TPSA) is 59.0 Å². The summed E-state index contributed by atoms with van der Waals surface area (Å²) in [5.74, 6) is 2.16. The average molecular weight is 340 g/mol. The van der Waals surface area contributed by atoms with Crippen LogP contribution in [0, 0.1) is 0 Å². The molecule has 2 aliphatic rings. The number of ether oxygens (including phenoxy) is 1. The third-order valence-electron chi connectivity index (χ3n) is 4.00. The summed E-state index contributed by atoms with van der Waals surface area (Å²) in [6, 6.07) is 7.78. The molecule has 1 fully saturated rings. The quantitative estimate of drug-likeness (QED) is 0.836. The molecular weight excluding hydrogens is 320 g/mol. The van der Waals surface area contributed by atoms with Gasteiger partial charge >= 0.3 is 0 Å². The van der Waals surface area contributed by atoms with Gasteiger partial charge in [-0.05, 0) is 23.4 Å². The predicted molar refractivity (Wildman–Crippen MR) is 90.3 cm³/mol. The molecule has 1 aromatic carbocycles. The van der Waals surface area contributed by atoms with Crippen LogP contribution in [0.2, 0.25) is 0 Å². The first-order chi connectivity index (χ1) is 10.5. The number of benzene rings is 1. The molecule has 1 aromatic rings. The summed E-state index contributed by atoms with van der Waals surface area (Å²) >= 11 is 1.69. The van der Waals surface area contributed by atoms with Crippen molar-refractivity contribution in [2.24, 2.45) is 4.99 Å². The summed E-state index contributed by atoms with van der Waals surface area (Å²) < 4.78 is 28.9. The smallest absolute Gasteiger partial charge is 0.160 e. The minimum absolute atomic E-state index is 0.0128. The number of aliphatic imine (C=N–C) groups is 1. The second-order valence-electron chi connectivity index (χ2n) is 5.53. The van der Waals surface area contributed by atoms with E-state index in [-0.39, 0.29) is 23.6 Å². The number of methoxy groups -OCH3 is 1. The van der Waals surface area contributed by atoms with Gasteiger partial charge in [0.25, 0.3) is 0 Å². The zero-order valence-corrected chi connectivity index (χ0v) is 14.4. The highest BCUT2D eigenvalue weighted by Gasteiger charge is 2.46. The summed E-state index contributed by atoms with van der Waals surface area (Å²) in [6.45, 7) is 2.77. The Morgan fingerprint density at radius 3 is 2.68 bits per heavy atom. The molecule has 120 valence electrons. The van der Waals surface area contributed by atoms with E-state index in [2.05, 4.69) is 16.8 Å². The molecule has 22 heavy (non-hydrogen) atoms. The molecule has 3 rings (SSSR count). The lowest BCUT2D eigenvalue weighted by Gasteiger charge is -2.26. The van der Waals surface area contributed by atoms with Crippen molar-refractivity contribution < 1.29 is 13.2 Å². The van der Waals surface area contributed by atoms with Crippen molar-refractivity contribution in [3.63, 3.8) is 0 Å². The van der Waals surface area contributed by atoms with Crippen molar-refractivity contribution in [2.75, 3.05) is 24.4 Å². The maximum Gasteiger partial charge on any atom is 0.160 e. The van der Waals surface area contributed by atoms with Crippen molar-refractivity contribution in [3.05, 3.63) is 29.8 Å². The standard InChI is InChI=1S/C15H20N2O3S2/c1-3-21-15-16-13-9-22(18,19)10-14(13)17(15)8-11-4-6-12(20-2)7-5-11/h4-7,13-14H,3,8-10H2,1-2H3. The van der Waals surface area contributed by atoms with Gasteiger partial charge in [0.1, 0.15) is 5.75 Å². The Kier molecular flexibility index (Phi) is 4.36. The van der Waals surface area contributed by atoms with Gasteiger partial charge in [0, 0.05) is 6.54 Å². The second-order valence-corrected chi connectivity index (χ2v) is 8.92. The van der Waals surface area contributed by atoms with E-state index < -0.39 is 9.84 Å². The fourth-order valence-electron chi connectivity index (χ4n) is 2.95. The van der Waals surface area contributed by atoms with E-state index in [0.29, 0.717) is 6.54 Å². The van der Waals surface area contributed by atoms with Crippen LogP contribution in [0.5, 0.6) is 5.75 Å². The van der Waals surface area contributed by atoms with E-state index in [1.54, 1.807) is 18.9 Å². The van der Waals surface area contributed by atoms with Gasteiger partial charge < -0.3 is 9.64 Å². The number of thioether (sulfide) groups is 1. The van der Waals surface area contributed by atoms with Gasteiger partial charge in [-0.15, -0.1) is 0 Å². The van der Waals surface area contributed by atoms with Gasteiger partial charge in [0.2, 0.25) is 0 Å². The number of rotatable bonds is 4. The number of hydrogen-bond acceptors (Lipinski definition) is 6. The molecule has 0 N–H and O–H groups in total. The molecule has 2 atom stereocenters. The van der Waals surface area contributed by atoms with E-state index in [1.807, 2.05) is 24.3 Å². The number of amidine groups is 1. The Balaban J connectivity index is 1.81. The normalized spacial score (nSPS) is 25.9. The molecule has 1 saturated heterocycles. The van der Waals surface area contributed by atoms with Crippen molar-refractivity contribution in [1.29, 1.82) is 0 Å².